The Morgan fingerprint density at radius 2 is 2.12 bits per heavy atom. The Morgan fingerprint density at radius 1 is 1.31 bits per heavy atom. The van der Waals surface area contributed by atoms with Crippen molar-refractivity contribution in [1.29, 1.82) is 0 Å². The first kappa shape index (κ1) is 11.0. The highest BCUT2D eigenvalue weighted by Gasteiger charge is 2.11. The molecule has 0 amide bonds. The Bertz CT molecular complexity index is 453. The molecule has 16 heavy (non-hydrogen) atoms. The highest BCUT2D eigenvalue weighted by molar-refractivity contribution is 5.66. The smallest absolute Gasteiger partial charge is 0.00899 e. The quantitative estimate of drug-likeness (QED) is 0.797. The second-order valence-electron chi connectivity index (χ2n) is 4.38. The zero-order valence-electron chi connectivity index (χ0n) is 10.1. The number of benzene rings is 1. The minimum atomic E-state index is 0.995. The molecule has 0 radical (unpaired) electrons. The van der Waals surface area contributed by atoms with Crippen molar-refractivity contribution >= 4 is 12.2 Å². The monoisotopic (exact) mass is 213 g/mol. The summed E-state index contributed by atoms with van der Waals surface area (Å²) in [6.45, 7) is 4.37. The van der Waals surface area contributed by atoms with Gasteiger partial charge in [0.15, 0.2) is 0 Å². The van der Waals surface area contributed by atoms with Crippen LogP contribution in [0.25, 0.3) is 12.2 Å². The molecule has 0 atom stereocenters. The first-order valence-electron chi connectivity index (χ1n) is 5.97. The van der Waals surface area contributed by atoms with Crippen molar-refractivity contribution in [3.63, 3.8) is 0 Å². The van der Waals surface area contributed by atoms with Crippen LogP contribution in [0.15, 0.2) is 23.9 Å². The summed E-state index contributed by atoms with van der Waals surface area (Å²) >= 11 is 0. The molecule has 2 N–H and O–H groups in total. The van der Waals surface area contributed by atoms with Crippen molar-refractivity contribution in [2.24, 2.45) is 5.73 Å². The maximum absolute atomic E-state index is 5.87. The van der Waals surface area contributed by atoms with Gasteiger partial charge in [-0.15, -0.1) is 0 Å². The van der Waals surface area contributed by atoms with E-state index in [-0.39, 0.29) is 0 Å². The van der Waals surface area contributed by atoms with Crippen LogP contribution in [-0.4, -0.2) is 0 Å². The van der Waals surface area contributed by atoms with E-state index in [2.05, 4.69) is 44.2 Å². The summed E-state index contributed by atoms with van der Waals surface area (Å²) in [6.07, 6.45) is 9.70. The Kier molecular flexibility index (Phi) is 3.14. The topological polar surface area (TPSA) is 26.0 Å². The predicted molar refractivity (Wildman–Crippen MR) is 71.0 cm³/mol. The minimum Gasteiger partial charge on any atom is -0.402 e. The van der Waals surface area contributed by atoms with Gasteiger partial charge in [-0.05, 0) is 54.5 Å². The number of hydrogen-bond donors (Lipinski definition) is 1. The van der Waals surface area contributed by atoms with Crippen LogP contribution in [0, 0.1) is 6.92 Å². The first-order chi connectivity index (χ1) is 7.72. The van der Waals surface area contributed by atoms with E-state index in [1.807, 2.05) is 0 Å². The van der Waals surface area contributed by atoms with Gasteiger partial charge < -0.3 is 5.73 Å². The van der Waals surface area contributed by atoms with Crippen LogP contribution in [0.1, 0.15) is 42.0 Å². The average Bonchev–Trinajstić information content (AvgIpc) is 2.28. The molecule has 0 saturated heterocycles. The maximum atomic E-state index is 5.87. The second-order valence-corrected chi connectivity index (χ2v) is 4.38. The van der Waals surface area contributed by atoms with Gasteiger partial charge in [0.25, 0.3) is 0 Å². The molecule has 0 aliphatic heterocycles. The molecule has 0 spiro atoms. The summed E-state index contributed by atoms with van der Waals surface area (Å²) in [5.41, 5.74) is 12.4. The van der Waals surface area contributed by atoms with Gasteiger partial charge in [-0.2, -0.15) is 0 Å². The van der Waals surface area contributed by atoms with Crippen molar-refractivity contribution in [3.8, 4) is 0 Å². The fourth-order valence-corrected chi connectivity index (χ4v) is 2.23. The van der Waals surface area contributed by atoms with Crippen molar-refractivity contribution in [2.75, 3.05) is 0 Å². The standard InChI is InChI=1S/C15H19N/c1-3-4-5-12-6-7-13-10-14(16)8-9-15(13)11(12)2/h4-7,10H,3,8-9,16H2,1-2H3/b5-4-. The van der Waals surface area contributed by atoms with Gasteiger partial charge in [-0.3, -0.25) is 0 Å². The zero-order valence-corrected chi connectivity index (χ0v) is 10.1. The van der Waals surface area contributed by atoms with Gasteiger partial charge in [0, 0.05) is 5.70 Å². The molecule has 1 heteroatoms. The van der Waals surface area contributed by atoms with Crippen LogP contribution >= 0.6 is 0 Å². The fraction of sp³-hybridized carbons (Fsp3) is 0.333. The van der Waals surface area contributed by atoms with Crippen molar-refractivity contribution in [2.45, 2.75) is 33.1 Å². The summed E-state index contributed by atoms with van der Waals surface area (Å²) in [7, 11) is 0. The molecule has 1 nitrogen and oxygen atoms in total. The van der Waals surface area contributed by atoms with Crippen LogP contribution in [0.5, 0.6) is 0 Å². The Labute approximate surface area is 97.7 Å². The number of rotatable bonds is 2. The number of allylic oxidation sites excluding steroid dienone is 2. The first-order valence-corrected chi connectivity index (χ1v) is 5.97. The van der Waals surface area contributed by atoms with E-state index in [4.69, 9.17) is 5.73 Å². The Hall–Kier alpha value is -1.50. The Balaban J connectivity index is 2.45. The lowest BCUT2D eigenvalue weighted by molar-refractivity contribution is 0.904. The third-order valence-corrected chi connectivity index (χ3v) is 3.21. The molecular formula is C15H19N. The third kappa shape index (κ3) is 2.04. The van der Waals surface area contributed by atoms with Gasteiger partial charge in [0.1, 0.15) is 0 Å². The molecule has 1 aromatic rings. The van der Waals surface area contributed by atoms with E-state index in [9.17, 15) is 0 Å². The van der Waals surface area contributed by atoms with E-state index in [1.165, 1.54) is 22.3 Å². The van der Waals surface area contributed by atoms with Crippen molar-refractivity contribution < 1.29 is 0 Å². The van der Waals surface area contributed by atoms with Gasteiger partial charge in [-0.1, -0.05) is 31.2 Å². The zero-order chi connectivity index (χ0) is 11.5. The molecule has 1 aliphatic rings. The highest BCUT2D eigenvalue weighted by atomic mass is 14.6. The SMILES string of the molecule is CC/C=C\c1ccc2c(c1C)CCC(N)=C2. The largest absolute Gasteiger partial charge is 0.402 e. The Morgan fingerprint density at radius 3 is 2.88 bits per heavy atom. The van der Waals surface area contributed by atoms with Crippen LogP contribution in [-0.2, 0) is 6.42 Å². The summed E-state index contributed by atoms with van der Waals surface area (Å²) in [4.78, 5) is 0. The molecule has 0 fully saturated rings. The molecular weight excluding hydrogens is 194 g/mol. The minimum absolute atomic E-state index is 0.995. The summed E-state index contributed by atoms with van der Waals surface area (Å²) in [5.74, 6) is 0. The van der Waals surface area contributed by atoms with Crippen molar-refractivity contribution in [1.82, 2.24) is 0 Å². The fourth-order valence-electron chi connectivity index (χ4n) is 2.23. The van der Waals surface area contributed by atoms with Gasteiger partial charge in [0.2, 0.25) is 0 Å². The van der Waals surface area contributed by atoms with Crippen LogP contribution in [0.2, 0.25) is 0 Å². The number of fused-ring (bicyclic) bond motifs is 1. The van der Waals surface area contributed by atoms with Crippen LogP contribution < -0.4 is 5.73 Å². The second kappa shape index (κ2) is 4.56. The summed E-state index contributed by atoms with van der Waals surface area (Å²) < 4.78 is 0. The molecule has 0 saturated carbocycles. The van der Waals surface area contributed by atoms with Gasteiger partial charge >= 0.3 is 0 Å². The normalized spacial score (nSPS) is 15.0. The molecule has 0 unspecified atom stereocenters. The van der Waals surface area contributed by atoms with E-state index in [0.717, 1.165) is 25.0 Å². The predicted octanol–water partition coefficient (Wildman–Crippen LogP) is 3.66. The van der Waals surface area contributed by atoms with Crippen LogP contribution in [0.3, 0.4) is 0 Å². The number of hydrogen-bond acceptors (Lipinski definition) is 1. The van der Waals surface area contributed by atoms with E-state index >= 15 is 0 Å². The van der Waals surface area contributed by atoms with E-state index in [0.29, 0.717) is 0 Å². The van der Waals surface area contributed by atoms with Gasteiger partial charge in [-0.25, -0.2) is 0 Å². The highest BCUT2D eigenvalue weighted by Crippen LogP contribution is 2.27. The number of nitrogens with two attached hydrogens (primary N) is 1. The molecule has 1 aromatic carbocycles. The van der Waals surface area contributed by atoms with Crippen molar-refractivity contribution in [3.05, 3.63) is 46.2 Å². The summed E-state index contributed by atoms with van der Waals surface area (Å²) in [6, 6.07) is 4.37. The molecule has 1 aliphatic carbocycles. The summed E-state index contributed by atoms with van der Waals surface area (Å²) in [5, 5.41) is 0. The van der Waals surface area contributed by atoms with E-state index < -0.39 is 0 Å². The molecule has 0 heterocycles. The molecule has 84 valence electrons. The lowest BCUT2D eigenvalue weighted by Crippen LogP contribution is -2.07. The van der Waals surface area contributed by atoms with Crippen LogP contribution in [0.4, 0.5) is 0 Å². The average molecular weight is 213 g/mol. The van der Waals surface area contributed by atoms with E-state index in [1.54, 1.807) is 0 Å². The maximum Gasteiger partial charge on any atom is 0.00899 e. The van der Waals surface area contributed by atoms with Gasteiger partial charge in [0.05, 0.1) is 0 Å². The molecule has 0 bridgehead atoms. The molecule has 2 rings (SSSR count). The lowest BCUT2D eigenvalue weighted by atomic mass is 9.89. The molecule has 0 aromatic heterocycles. The lowest BCUT2D eigenvalue weighted by Gasteiger charge is -2.17. The third-order valence-electron chi connectivity index (χ3n) is 3.21.